The lowest BCUT2D eigenvalue weighted by Crippen LogP contribution is -2.53. The number of piperazine rings is 1. The summed E-state index contributed by atoms with van der Waals surface area (Å²) in [5.74, 6) is -0.183. The average molecular weight is 686 g/mol. The molecule has 3 aromatic rings. The second kappa shape index (κ2) is 12.7. The summed E-state index contributed by atoms with van der Waals surface area (Å²) in [5.41, 5.74) is 1.24. The van der Waals surface area contributed by atoms with Gasteiger partial charge in [0.25, 0.3) is 15.9 Å². The van der Waals surface area contributed by atoms with E-state index in [9.17, 15) is 18.0 Å². The Kier molecular flexibility index (Phi) is 9.70. The number of rotatable bonds is 5. The molecule has 2 aliphatic heterocycles. The van der Waals surface area contributed by atoms with Gasteiger partial charge in [0.2, 0.25) is 5.95 Å². The molecule has 0 spiro atoms. The third kappa shape index (κ3) is 6.26. The highest BCUT2D eigenvalue weighted by Gasteiger charge is 2.45. The van der Waals surface area contributed by atoms with Crippen LogP contribution < -0.4 is 4.90 Å². The van der Waals surface area contributed by atoms with E-state index >= 15 is 0 Å². The maximum Gasteiger partial charge on any atom is 0.319 e. The van der Waals surface area contributed by atoms with Crippen LogP contribution in [0.4, 0.5) is 16.4 Å². The fourth-order valence-corrected chi connectivity index (χ4v) is 7.14. The normalized spacial score (nSPS) is 17.2. The molecule has 2 aliphatic rings. The average Bonchev–Trinajstić information content (AvgIpc) is 3.48. The second-order valence-electron chi connectivity index (χ2n) is 9.48. The van der Waals surface area contributed by atoms with E-state index in [4.69, 9.17) is 23.2 Å². The highest BCUT2D eigenvalue weighted by molar-refractivity contribution is 9.10. The Morgan fingerprint density at radius 1 is 1.02 bits per heavy atom. The molecule has 1 atom stereocenters. The molecule has 5 rings (SSSR count). The first kappa shape index (κ1) is 31.3. The second-order valence-corrected chi connectivity index (χ2v) is 13.2. The maximum absolute atomic E-state index is 13.9. The van der Waals surface area contributed by atoms with Crippen LogP contribution in [0.15, 0.2) is 58.2 Å². The molecule has 0 radical (unpaired) electrons. The third-order valence-electron chi connectivity index (χ3n) is 6.70. The fraction of sp³-hybridized carbons (Fsp3) is 0.370. The number of fused-ring (bicyclic) bond motifs is 1. The van der Waals surface area contributed by atoms with Crippen molar-refractivity contribution in [2.24, 2.45) is 0 Å². The number of carbonyl (C=O) groups excluding carboxylic acids is 2. The van der Waals surface area contributed by atoms with Crippen LogP contribution in [0.5, 0.6) is 0 Å². The van der Waals surface area contributed by atoms with Gasteiger partial charge in [-0.05, 0) is 35.9 Å². The first-order valence-corrected chi connectivity index (χ1v) is 16.0. The van der Waals surface area contributed by atoms with Gasteiger partial charge in [0, 0.05) is 61.2 Å². The number of sulfonamides is 1. The van der Waals surface area contributed by atoms with E-state index in [2.05, 4.69) is 20.9 Å². The van der Waals surface area contributed by atoms with Crippen molar-refractivity contribution < 1.29 is 18.0 Å². The molecule has 0 bridgehead atoms. The number of urea groups is 1. The van der Waals surface area contributed by atoms with Gasteiger partial charge in [-0.2, -0.15) is 4.31 Å². The number of halogens is 3. The Balaban J connectivity index is 0.00000189. The Morgan fingerprint density at radius 2 is 1.61 bits per heavy atom. The number of aromatic nitrogens is 2. The molecule has 1 aromatic heterocycles. The van der Waals surface area contributed by atoms with Crippen LogP contribution in [0.2, 0.25) is 10.0 Å². The Bertz CT molecular complexity index is 1520. The summed E-state index contributed by atoms with van der Waals surface area (Å²) in [6, 6.07) is 11.2. The predicted octanol–water partition coefficient (Wildman–Crippen LogP) is 5.43. The van der Waals surface area contributed by atoms with Crippen molar-refractivity contribution in [2.45, 2.75) is 31.3 Å². The monoisotopic (exact) mass is 684 g/mol. The summed E-state index contributed by atoms with van der Waals surface area (Å²) in [5, 5.41) is 0.575. The lowest BCUT2D eigenvalue weighted by Gasteiger charge is -2.35. The number of carbonyl (C=O) groups is 2. The van der Waals surface area contributed by atoms with Crippen LogP contribution in [0, 0.1) is 0 Å². The zero-order valence-corrected chi connectivity index (χ0v) is 27.0. The van der Waals surface area contributed by atoms with Crippen LogP contribution in [0.25, 0.3) is 0 Å². The molecule has 1 fully saturated rings. The van der Waals surface area contributed by atoms with E-state index in [1.165, 1.54) is 24.9 Å². The van der Waals surface area contributed by atoms with Gasteiger partial charge in [-0.1, -0.05) is 65.1 Å². The van der Waals surface area contributed by atoms with E-state index in [-0.39, 0.29) is 55.5 Å². The minimum atomic E-state index is -4.05. The molecule has 1 unspecified atom stereocenters. The zero-order valence-electron chi connectivity index (χ0n) is 23.1. The van der Waals surface area contributed by atoms with Gasteiger partial charge in [-0.25, -0.2) is 23.1 Å². The van der Waals surface area contributed by atoms with Gasteiger partial charge >= 0.3 is 6.03 Å². The standard InChI is InChI=1S/C25H25BrCl2N6O4S.C2H6/c1-30(2)25(36)31-7-9-32(10-8-31)39(37,38)22-15-29-24-33(20-13-18(27)12-19(28)14-20)23(35)21(34(22)24)11-16-3-5-17(26)6-4-16;1-2/h3-6,12-15,21H,7-11H2,1-2H3;1-2H3. The van der Waals surface area contributed by atoms with Crippen LogP contribution in [0.1, 0.15) is 25.5 Å². The molecule has 1 saturated heterocycles. The van der Waals surface area contributed by atoms with Crippen molar-refractivity contribution in [1.82, 2.24) is 23.7 Å². The molecule has 2 aromatic carbocycles. The van der Waals surface area contributed by atoms with E-state index < -0.39 is 16.1 Å². The summed E-state index contributed by atoms with van der Waals surface area (Å²) in [7, 11) is -0.736. The smallest absolute Gasteiger partial charge is 0.319 e. The molecule has 3 amide bonds. The van der Waals surface area contributed by atoms with Gasteiger partial charge in [-0.3, -0.25) is 9.36 Å². The molecule has 3 heterocycles. The first-order chi connectivity index (χ1) is 19.5. The van der Waals surface area contributed by atoms with Crippen LogP contribution in [-0.2, 0) is 21.2 Å². The molecule has 220 valence electrons. The minimum Gasteiger partial charge on any atom is -0.331 e. The highest BCUT2D eigenvalue weighted by atomic mass is 79.9. The van der Waals surface area contributed by atoms with Gasteiger partial charge in [0.15, 0.2) is 5.03 Å². The number of nitrogens with zero attached hydrogens (tertiary/aromatic N) is 6. The summed E-state index contributed by atoms with van der Waals surface area (Å²) >= 11 is 15.9. The Hall–Kier alpha value is -2.64. The maximum atomic E-state index is 13.9. The molecule has 10 nitrogen and oxygen atoms in total. The summed E-state index contributed by atoms with van der Waals surface area (Å²) in [6.45, 7) is 4.76. The van der Waals surface area contributed by atoms with E-state index in [0.717, 1.165) is 10.0 Å². The lowest BCUT2D eigenvalue weighted by atomic mass is 10.1. The van der Waals surface area contributed by atoms with Crippen molar-refractivity contribution in [3.8, 4) is 0 Å². The summed E-state index contributed by atoms with van der Waals surface area (Å²) in [6.07, 6.45) is 1.52. The SMILES string of the molecule is CC.CN(C)C(=O)N1CCN(S(=O)(=O)c2cnc3n2C(Cc2ccc(Br)cc2)C(=O)N3c2cc(Cl)cc(Cl)c2)CC1. The minimum absolute atomic E-state index is 0.0871. The van der Waals surface area contributed by atoms with Crippen LogP contribution in [0.3, 0.4) is 0 Å². The van der Waals surface area contributed by atoms with Gasteiger partial charge in [0.05, 0.1) is 11.9 Å². The zero-order chi connectivity index (χ0) is 30.1. The molecule has 14 heteroatoms. The number of imidazole rings is 1. The quantitative estimate of drug-likeness (QED) is 0.357. The van der Waals surface area contributed by atoms with Crippen molar-refractivity contribution in [2.75, 3.05) is 45.2 Å². The molecule has 41 heavy (non-hydrogen) atoms. The van der Waals surface area contributed by atoms with Crippen molar-refractivity contribution in [1.29, 1.82) is 0 Å². The fourth-order valence-electron chi connectivity index (χ4n) is 4.81. The number of hydrogen-bond donors (Lipinski definition) is 0. The molecular weight excluding hydrogens is 655 g/mol. The molecule has 0 N–H and O–H groups in total. The number of anilines is 2. The Morgan fingerprint density at radius 3 is 2.17 bits per heavy atom. The summed E-state index contributed by atoms with van der Waals surface area (Å²) < 4.78 is 31.5. The van der Waals surface area contributed by atoms with Gasteiger partial charge in [0.1, 0.15) is 6.04 Å². The van der Waals surface area contributed by atoms with Crippen LogP contribution in [-0.4, -0.2) is 84.3 Å². The van der Waals surface area contributed by atoms with Crippen molar-refractivity contribution in [3.05, 3.63) is 68.7 Å². The van der Waals surface area contributed by atoms with E-state index in [0.29, 0.717) is 15.7 Å². The first-order valence-electron chi connectivity index (χ1n) is 13.1. The highest BCUT2D eigenvalue weighted by Crippen LogP contribution is 2.41. The molecule has 0 aliphatic carbocycles. The number of benzene rings is 2. The van der Waals surface area contributed by atoms with Gasteiger partial charge in [-0.15, -0.1) is 0 Å². The van der Waals surface area contributed by atoms with E-state index in [1.54, 1.807) is 37.2 Å². The number of hydrogen-bond acceptors (Lipinski definition) is 5. The van der Waals surface area contributed by atoms with E-state index in [1.807, 2.05) is 38.1 Å². The lowest BCUT2D eigenvalue weighted by molar-refractivity contribution is -0.119. The largest absolute Gasteiger partial charge is 0.331 e. The van der Waals surface area contributed by atoms with Crippen molar-refractivity contribution in [3.63, 3.8) is 0 Å². The predicted molar refractivity (Wildman–Crippen MR) is 163 cm³/mol. The third-order valence-corrected chi connectivity index (χ3v) is 9.55. The molecular formula is C27H31BrCl2N6O4S. The topological polar surface area (TPSA) is 99.1 Å². The Labute approximate surface area is 258 Å². The number of amides is 3. The van der Waals surface area contributed by atoms with Crippen molar-refractivity contribution >= 4 is 72.7 Å². The molecule has 0 saturated carbocycles. The van der Waals surface area contributed by atoms with Crippen LogP contribution >= 0.6 is 39.1 Å². The summed E-state index contributed by atoms with van der Waals surface area (Å²) in [4.78, 5) is 35.0. The van der Waals surface area contributed by atoms with Gasteiger partial charge < -0.3 is 9.80 Å².